The summed E-state index contributed by atoms with van der Waals surface area (Å²) in [5, 5.41) is 0.0162. The van der Waals surface area contributed by atoms with Crippen LogP contribution in [0.15, 0.2) is 29.1 Å². The molecule has 2 heterocycles. The van der Waals surface area contributed by atoms with E-state index in [-0.39, 0.29) is 10.9 Å². The summed E-state index contributed by atoms with van der Waals surface area (Å²) in [5.74, 6) is 0. The van der Waals surface area contributed by atoms with Crippen LogP contribution in [0.3, 0.4) is 0 Å². The Hall–Kier alpha value is -1.89. The molecule has 1 aliphatic heterocycles. The molecule has 0 spiro atoms. The van der Waals surface area contributed by atoms with Gasteiger partial charge in [-0.2, -0.15) is 13.2 Å². The fourth-order valence-corrected chi connectivity index (χ4v) is 3.16. The lowest BCUT2D eigenvalue weighted by Crippen LogP contribution is -2.33. The van der Waals surface area contributed by atoms with Crippen molar-refractivity contribution in [2.45, 2.75) is 31.7 Å². The van der Waals surface area contributed by atoms with Gasteiger partial charge in [0, 0.05) is 38.1 Å². The molecule has 1 aliphatic rings. The maximum Gasteiger partial charge on any atom is 0.417 e. The van der Waals surface area contributed by atoms with Crippen LogP contribution in [0.25, 0.3) is 10.9 Å². The number of likely N-dealkylation sites (tertiary alicyclic amines) is 1. The number of benzene rings is 1. The van der Waals surface area contributed by atoms with Crippen LogP contribution in [0.2, 0.25) is 0 Å². The molecule has 24 heavy (non-hydrogen) atoms. The van der Waals surface area contributed by atoms with Gasteiger partial charge in [0.2, 0.25) is 0 Å². The molecule has 1 saturated heterocycles. The summed E-state index contributed by atoms with van der Waals surface area (Å²) >= 11 is 0. The SMILES string of the molecule is Cn1c(=O)cc(C(F)(F)F)c2cc(CN3CCC(F)CC3)ccc21. The van der Waals surface area contributed by atoms with Crippen molar-refractivity contribution in [3.8, 4) is 0 Å². The van der Waals surface area contributed by atoms with Crippen molar-refractivity contribution in [1.82, 2.24) is 9.47 Å². The van der Waals surface area contributed by atoms with E-state index in [2.05, 4.69) is 0 Å². The van der Waals surface area contributed by atoms with Crippen LogP contribution in [0, 0.1) is 0 Å². The van der Waals surface area contributed by atoms with Gasteiger partial charge in [0.1, 0.15) is 6.17 Å². The summed E-state index contributed by atoms with van der Waals surface area (Å²) in [5.41, 5.74) is -0.623. The number of piperidine rings is 1. The quantitative estimate of drug-likeness (QED) is 0.781. The van der Waals surface area contributed by atoms with Gasteiger partial charge in [-0.15, -0.1) is 0 Å². The highest BCUT2D eigenvalue weighted by Crippen LogP contribution is 2.34. The average Bonchev–Trinajstić information content (AvgIpc) is 2.52. The van der Waals surface area contributed by atoms with E-state index in [1.807, 2.05) is 4.90 Å². The highest BCUT2D eigenvalue weighted by Gasteiger charge is 2.33. The summed E-state index contributed by atoms with van der Waals surface area (Å²) in [4.78, 5) is 13.8. The predicted octanol–water partition coefficient (Wildman–Crippen LogP) is 3.49. The molecule has 3 nitrogen and oxygen atoms in total. The zero-order valence-corrected chi connectivity index (χ0v) is 13.2. The smallest absolute Gasteiger partial charge is 0.311 e. The number of alkyl halides is 4. The van der Waals surface area contributed by atoms with E-state index in [0.29, 0.717) is 38.5 Å². The molecule has 0 saturated carbocycles. The van der Waals surface area contributed by atoms with E-state index < -0.39 is 23.5 Å². The molecule has 0 atom stereocenters. The monoisotopic (exact) mass is 342 g/mol. The number of aryl methyl sites for hydroxylation is 1. The molecule has 130 valence electrons. The van der Waals surface area contributed by atoms with Crippen LogP contribution in [-0.4, -0.2) is 28.7 Å². The highest BCUT2D eigenvalue weighted by molar-refractivity contribution is 5.83. The summed E-state index contributed by atoms with van der Waals surface area (Å²) in [6, 6.07) is 5.40. The van der Waals surface area contributed by atoms with Crippen molar-refractivity contribution in [2.75, 3.05) is 13.1 Å². The van der Waals surface area contributed by atoms with Gasteiger partial charge in [0.05, 0.1) is 11.1 Å². The third-order valence-corrected chi connectivity index (χ3v) is 4.54. The first-order chi connectivity index (χ1) is 11.3. The van der Waals surface area contributed by atoms with Crippen LogP contribution in [0.5, 0.6) is 0 Å². The van der Waals surface area contributed by atoms with E-state index >= 15 is 0 Å². The Balaban J connectivity index is 2.00. The fraction of sp³-hybridized carbons (Fsp3) is 0.471. The number of hydrogen-bond acceptors (Lipinski definition) is 2. The Kier molecular flexibility index (Phi) is 4.38. The molecule has 0 radical (unpaired) electrons. The zero-order valence-electron chi connectivity index (χ0n) is 13.2. The molecule has 1 fully saturated rings. The number of pyridine rings is 1. The lowest BCUT2D eigenvalue weighted by atomic mass is 10.0. The van der Waals surface area contributed by atoms with E-state index in [0.717, 1.165) is 5.56 Å². The number of hydrogen-bond donors (Lipinski definition) is 0. The fourth-order valence-electron chi connectivity index (χ4n) is 3.16. The number of fused-ring (bicyclic) bond motifs is 1. The van der Waals surface area contributed by atoms with Gasteiger partial charge in [0.15, 0.2) is 0 Å². The van der Waals surface area contributed by atoms with Crippen molar-refractivity contribution < 1.29 is 17.6 Å². The normalized spacial score (nSPS) is 17.5. The zero-order chi connectivity index (χ0) is 17.5. The van der Waals surface area contributed by atoms with Crippen LogP contribution in [0.4, 0.5) is 17.6 Å². The molecule has 2 aromatic rings. The molecule has 0 unspecified atom stereocenters. The van der Waals surface area contributed by atoms with Gasteiger partial charge in [-0.05, 0) is 30.5 Å². The van der Waals surface area contributed by atoms with Gasteiger partial charge >= 0.3 is 6.18 Å². The molecular weight excluding hydrogens is 324 g/mol. The average molecular weight is 342 g/mol. The Labute approximate surface area is 136 Å². The first-order valence-corrected chi connectivity index (χ1v) is 7.82. The van der Waals surface area contributed by atoms with Gasteiger partial charge in [-0.3, -0.25) is 9.69 Å². The Morgan fingerprint density at radius 2 is 1.83 bits per heavy atom. The number of aromatic nitrogens is 1. The molecule has 1 aromatic carbocycles. The van der Waals surface area contributed by atoms with E-state index in [9.17, 15) is 22.4 Å². The maximum atomic E-state index is 13.3. The molecule has 0 aliphatic carbocycles. The van der Waals surface area contributed by atoms with Crippen LogP contribution >= 0.6 is 0 Å². The van der Waals surface area contributed by atoms with Gasteiger partial charge < -0.3 is 4.57 Å². The first kappa shape index (κ1) is 17.0. The standard InChI is InChI=1S/C17H18F4N2O/c1-22-15-3-2-11(10-23-6-4-12(18)5-7-23)8-13(15)14(9-16(22)24)17(19,20)21/h2-3,8-9,12H,4-7,10H2,1H3. The molecule has 7 heteroatoms. The predicted molar refractivity (Wildman–Crippen MR) is 83.6 cm³/mol. The second kappa shape index (κ2) is 6.20. The second-order valence-corrected chi connectivity index (χ2v) is 6.26. The topological polar surface area (TPSA) is 25.2 Å². The lowest BCUT2D eigenvalue weighted by Gasteiger charge is -2.28. The van der Waals surface area contributed by atoms with E-state index in [4.69, 9.17) is 0 Å². The van der Waals surface area contributed by atoms with Crippen molar-refractivity contribution >= 4 is 10.9 Å². The van der Waals surface area contributed by atoms with Crippen molar-refractivity contribution in [3.63, 3.8) is 0 Å². The minimum Gasteiger partial charge on any atom is -0.311 e. The summed E-state index contributed by atoms with van der Waals surface area (Å²) in [6.07, 6.45) is -4.47. The molecule has 0 amide bonds. The molecule has 0 N–H and O–H groups in total. The van der Waals surface area contributed by atoms with Crippen molar-refractivity contribution in [2.24, 2.45) is 7.05 Å². The number of rotatable bonds is 2. The van der Waals surface area contributed by atoms with Crippen LogP contribution < -0.4 is 5.56 Å². The van der Waals surface area contributed by atoms with Gasteiger partial charge in [-0.25, -0.2) is 4.39 Å². The number of halogens is 4. The molecule has 1 aromatic heterocycles. The third kappa shape index (κ3) is 3.31. The van der Waals surface area contributed by atoms with Crippen LogP contribution in [0.1, 0.15) is 24.0 Å². The van der Waals surface area contributed by atoms with Crippen molar-refractivity contribution in [1.29, 1.82) is 0 Å². The second-order valence-electron chi connectivity index (χ2n) is 6.26. The van der Waals surface area contributed by atoms with Crippen LogP contribution in [-0.2, 0) is 19.8 Å². The third-order valence-electron chi connectivity index (χ3n) is 4.54. The molecule has 0 bridgehead atoms. The lowest BCUT2D eigenvalue weighted by molar-refractivity contribution is -0.136. The summed E-state index contributed by atoms with van der Waals surface area (Å²) in [6.45, 7) is 1.67. The van der Waals surface area contributed by atoms with E-state index in [1.165, 1.54) is 17.7 Å². The molecule has 3 rings (SSSR count). The largest absolute Gasteiger partial charge is 0.417 e. The Morgan fingerprint density at radius 3 is 2.46 bits per heavy atom. The van der Waals surface area contributed by atoms with E-state index in [1.54, 1.807) is 12.1 Å². The highest BCUT2D eigenvalue weighted by atomic mass is 19.4. The number of nitrogens with zero attached hydrogens (tertiary/aromatic N) is 2. The first-order valence-electron chi connectivity index (χ1n) is 7.82. The summed E-state index contributed by atoms with van der Waals surface area (Å²) in [7, 11) is 1.45. The Bertz CT molecular complexity index is 805. The maximum absolute atomic E-state index is 13.3. The Morgan fingerprint density at radius 1 is 1.17 bits per heavy atom. The van der Waals surface area contributed by atoms with Gasteiger partial charge in [0.25, 0.3) is 5.56 Å². The minimum absolute atomic E-state index is 0.0162. The molecular formula is C17H18F4N2O. The van der Waals surface area contributed by atoms with Gasteiger partial charge in [-0.1, -0.05) is 6.07 Å². The minimum atomic E-state index is -4.59. The van der Waals surface area contributed by atoms with Crippen molar-refractivity contribution in [3.05, 3.63) is 45.7 Å². The summed E-state index contributed by atoms with van der Waals surface area (Å²) < 4.78 is 54.2.